The van der Waals surface area contributed by atoms with Crippen LogP contribution in [0.25, 0.3) is 0 Å². The molecule has 0 bridgehead atoms. The van der Waals surface area contributed by atoms with Gasteiger partial charge in [0.25, 0.3) is 0 Å². The Kier molecular flexibility index (Phi) is 11.0. The molecule has 9 heteroatoms. The number of benzene rings is 1. The molecule has 1 aliphatic rings. The average Bonchev–Trinajstić information content (AvgIpc) is 3.12. The van der Waals surface area contributed by atoms with Crippen LogP contribution in [0.15, 0.2) is 29.3 Å². The zero-order valence-electron chi connectivity index (χ0n) is 15.3. The molecule has 1 heterocycles. The maximum atomic E-state index is 12.8. The fraction of sp³-hybridized carbons (Fsp3) is 0.611. The second kappa shape index (κ2) is 12.4. The van der Waals surface area contributed by atoms with Crippen molar-refractivity contribution in [3.8, 4) is 0 Å². The molecule has 1 aromatic rings. The molecule has 27 heavy (non-hydrogen) atoms. The minimum atomic E-state index is -4.34. The largest absolute Gasteiger partial charge is 0.416 e. The van der Waals surface area contributed by atoms with Crippen molar-refractivity contribution in [2.24, 2.45) is 4.99 Å². The van der Waals surface area contributed by atoms with Crippen LogP contribution in [-0.2, 0) is 22.2 Å². The van der Waals surface area contributed by atoms with Crippen LogP contribution >= 0.6 is 24.0 Å². The Morgan fingerprint density at radius 1 is 1.33 bits per heavy atom. The van der Waals surface area contributed by atoms with Crippen molar-refractivity contribution in [2.45, 2.75) is 38.6 Å². The van der Waals surface area contributed by atoms with E-state index < -0.39 is 11.7 Å². The zero-order chi connectivity index (χ0) is 18.8. The van der Waals surface area contributed by atoms with E-state index in [1.165, 1.54) is 6.07 Å². The minimum absolute atomic E-state index is 0. The van der Waals surface area contributed by atoms with E-state index in [1.54, 1.807) is 6.07 Å². The van der Waals surface area contributed by atoms with Crippen molar-refractivity contribution >= 4 is 29.9 Å². The van der Waals surface area contributed by atoms with Crippen molar-refractivity contribution in [2.75, 3.05) is 32.9 Å². The Morgan fingerprint density at radius 3 is 2.81 bits per heavy atom. The van der Waals surface area contributed by atoms with Gasteiger partial charge in [0.2, 0.25) is 0 Å². The first-order valence-electron chi connectivity index (χ1n) is 8.86. The molecule has 154 valence electrons. The molecule has 1 aliphatic heterocycles. The molecular formula is C18H27F3IN3O2. The third-order valence-corrected chi connectivity index (χ3v) is 3.88. The summed E-state index contributed by atoms with van der Waals surface area (Å²) in [4.78, 5) is 4.33. The number of hydrogen-bond donors (Lipinski definition) is 2. The Bertz CT molecular complexity index is 579. The van der Waals surface area contributed by atoms with E-state index in [4.69, 9.17) is 9.47 Å². The van der Waals surface area contributed by atoms with Gasteiger partial charge in [0, 0.05) is 19.7 Å². The summed E-state index contributed by atoms with van der Waals surface area (Å²) in [6.07, 6.45) is -2.03. The van der Waals surface area contributed by atoms with Gasteiger partial charge in [-0.2, -0.15) is 13.2 Å². The van der Waals surface area contributed by atoms with E-state index in [1.807, 2.05) is 6.92 Å². The van der Waals surface area contributed by atoms with E-state index in [-0.39, 0.29) is 36.6 Å². The third kappa shape index (κ3) is 9.11. The molecule has 2 rings (SSSR count). The molecule has 0 spiro atoms. The zero-order valence-corrected chi connectivity index (χ0v) is 17.7. The molecule has 1 aromatic carbocycles. The summed E-state index contributed by atoms with van der Waals surface area (Å²) in [5, 5.41) is 6.18. The van der Waals surface area contributed by atoms with Crippen LogP contribution in [0, 0.1) is 0 Å². The van der Waals surface area contributed by atoms with E-state index in [0.717, 1.165) is 31.6 Å². The predicted molar refractivity (Wildman–Crippen MR) is 109 cm³/mol. The summed E-state index contributed by atoms with van der Waals surface area (Å²) >= 11 is 0. The van der Waals surface area contributed by atoms with E-state index >= 15 is 0 Å². The van der Waals surface area contributed by atoms with Gasteiger partial charge >= 0.3 is 6.18 Å². The number of alkyl halides is 3. The summed E-state index contributed by atoms with van der Waals surface area (Å²) < 4.78 is 49.3. The van der Waals surface area contributed by atoms with Crippen LogP contribution in [-0.4, -0.2) is 45.0 Å². The van der Waals surface area contributed by atoms with Crippen molar-refractivity contribution in [1.29, 1.82) is 0 Å². The second-order valence-corrected chi connectivity index (χ2v) is 6.03. The molecule has 1 unspecified atom stereocenters. The number of hydrogen-bond acceptors (Lipinski definition) is 3. The maximum absolute atomic E-state index is 12.8. The van der Waals surface area contributed by atoms with Gasteiger partial charge in [-0.25, -0.2) is 4.99 Å². The molecule has 0 saturated carbocycles. The van der Waals surface area contributed by atoms with Crippen molar-refractivity contribution < 1.29 is 22.6 Å². The van der Waals surface area contributed by atoms with Crippen molar-refractivity contribution in [3.63, 3.8) is 0 Å². The summed E-state index contributed by atoms with van der Waals surface area (Å²) in [6, 6.07) is 5.21. The highest BCUT2D eigenvalue weighted by Crippen LogP contribution is 2.29. The van der Waals surface area contributed by atoms with Gasteiger partial charge in [-0.1, -0.05) is 12.1 Å². The van der Waals surface area contributed by atoms with E-state index in [2.05, 4.69) is 15.6 Å². The fourth-order valence-corrected chi connectivity index (χ4v) is 2.59. The standard InChI is InChI=1S/C18H26F3N3O2.HI/c1-2-22-17(23-8-10-25-13-16-7-4-9-26-16)24-12-14-5-3-6-15(11-14)18(19,20)21;/h3,5-6,11,16H,2,4,7-10,12-13H2,1H3,(H2,22,23,24);1H. The number of aliphatic imine (C=N–C) groups is 1. The monoisotopic (exact) mass is 501 g/mol. The van der Waals surface area contributed by atoms with Crippen LogP contribution in [0.1, 0.15) is 30.9 Å². The summed E-state index contributed by atoms with van der Waals surface area (Å²) in [7, 11) is 0. The number of nitrogens with one attached hydrogen (secondary N) is 2. The summed E-state index contributed by atoms with van der Waals surface area (Å²) in [5.74, 6) is 0.547. The number of ether oxygens (including phenoxy) is 2. The quantitative estimate of drug-likeness (QED) is 0.248. The molecule has 0 aromatic heterocycles. The lowest BCUT2D eigenvalue weighted by Crippen LogP contribution is -2.39. The molecule has 0 amide bonds. The van der Waals surface area contributed by atoms with Crippen LogP contribution in [0.5, 0.6) is 0 Å². The Labute approximate surface area is 175 Å². The van der Waals surface area contributed by atoms with E-state index in [0.29, 0.717) is 37.8 Å². The average molecular weight is 501 g/mol. The van der Waals surface area contributed by atoms with E-state index in [9.17, 15) is 13.2 Å². The third-order valence-electron chi connectivity index (χ3n) is 3.88. The number of halogens is 4. The topological polar surface area (TPSA) is 54.9 Å². The molecule has 1 atom stereocenters. The molecule has 1 fully saturated rings. The maximum Gasteiger partial charge on any atom is 0.416 e. The lowest BCUT2D eigenvalue weighted by molar-refractivity contribution is -0.137. The fourth-order valence-electron chi connectivity index (χ4n) is 2.59. The molecule has 5 nitrogen and oxygen atoms in total. The number of rotatable bonds is 8. The van der Waals surface area contributed by atoms with Gasteiger partial charge in [0.15, 0.2) is 5.96 Å². The van der Waals surface area contributed by atoms with Crippen LogP contribution in [0.3, 0.4) is 0 Å². The van der Waals surface area contributed by atoms with Gasteiger partial charge in [0.1, 0.15) is 0 Å². The normalized spacial score (nSPS) is 17.5. The Hall–Kier alpha value is -1.07. The molecule has 2 N–H and O–H groups in total. The first-order valence-corrected chi connectivity index (χ1v) is 8.86. The molecule has 0 aliphatic carbocycles. The molecule has 0 radical (unpaired) electrons. The van der Waals surface area contributed by atoms with Crippen molar-refractivity contribution in [3.05, 3.63) is 35.4 Å². The minimum Gasteiger partial charge on any atom is -0.377 e. The number of guanidine groups is 1. The highest BCUT2D eigenvalue weighted by Gasteiger charge is 2.30. The SMILES string of the molecule is CCNC(=NCc1cccc(C(F)(F)F)c1)NCCOCC1CCCO1.I. The Morgan fingerprint density at radius 2 is 2.15 bits per heavy atom. The van der Waals surface area contributed by atoms with Gasteiger partial charge in [-0.05, 0) is 37.5 Å². The van der Waals surface area contributed by atoms with Crippen molar-refractivity contribution in [1.82, 2.24) is 10.6 Å². The molecule has 1 saturated heterocycles. The van der Waals surface area contributed by atoms with Crippen LogP contribution < -0.4 is 10.6 Å². The first-order chi connectivity index (χ1) is 12.5. The lowest BCUT2D eigenvalue weighted by atomic mass is 10.1. The summed E-state index contributed by atoms with van der Waals surface area (Å²) in [5.41, 5.74) is -0.155. The second-order valence-electron chi connectivity index (χ2n) is 6.03. The van der Waals surface area contributed by atoms with Gasteiger partial charge in [-0.3, -0.25) is 0 Å². The van der Waals surface area contributed by atoms with Gasteiger partial charge in [0.05, 0.1) is 31.4 Å². The van der Waals surface area contributed by atoms with Gasteiger partial charge < -0.3 is 20.1 Å². The van der Waals surface area contributed by atoms with Crippen LogP contribution in [0.2, 0.25) is 0 Å². The predicted octanol–water partition coefficient (Wildman–Crippen LogP) is 3.57. The molecular weight excluding hydrogens is 474 g/mol. The highest BCUT2D eigenvalue weighted by molar-refractivity contribution is 14.0. The summed E-state index contributed by atoms with van der Waals surface area (Å²) in [6.45, 7) is 5.20. The highest BCUT2D eigenvalue weighted by atomic mass is 127. The Balaban J connectivity index is 0.00000364. The number of nitrogens with zero attached hydrogens (tertiary/aromatic N) is 1. The lowest BCUT2D eigenvalue weighted by Gasteiger charge is -2.13. The smallest absolute Gasteiger partial charge is 0.377 e. The van der Waals surface area contributed by atoms with Gasteiger partial charge in [-0.15, -0.1) is 24.0 Å². The first kappa shape index (κ1) is 24.0. The van der Waals surface area contributed by atoms with Crippen LogP contribution in [0.4, 0.5) is 13.2 Å².